The Balaban J connectivity index is 0.00000242. The Kier molecular flexibility index (Phi) is 7.87. The Morgan fingerprint density at radius 2 is 2.09 bits per heavy atom. The van der Waals surface area contributed by atoms with Gasteiger partial charge in [-0.3, -0.25) is 4.99 Å². The van der Waals surface area contributed by atoms with Crippen LogP contribution in [0.15, 0.2) is 10.4 Å². The molecular formula is C13H20F3IN4S. The molecule has 0 atom stereocenters. The zero-order valence-corrected chi connectivity index (χ0v) is 15.5. The summed E-state index contributed by atoms with van der Waals surface area (Å²) in [5.41, 5.74) is -0.807. The highest BCUT2D eigenvalue weighted by molar-refractivity contribution is 14.0. The van der Waals surface area contributed by atoms with E-state index in [0.717, 1.165) is 55.2 Å². The summed E-state index contributed by atoms with van der Waals surface area (Å²) in [7, 11) is 0. The van der Waals surface area contributed by atoms with Gasteiger partial charge in [-0.1, -0.05) is 0 Å². The number of rotatable bonds is 4. The second-order valence-electron chi connectivity index (χ2n) is 4.80. The van der Waals surface area contributed by atoms with Crippen molar-refractivity contribution in [3.8, 4) is 0 Å². The lowest BCUT2D eigenvalue weighted by atomic mass is 10.4. The lowest BCUT2D eigenvalue weighted by molar-refractivity contribution is -0.140. The molecule has 22 heavy (non-hydrogen) atoms. The summed E-state index contributed by atoms with van der Waals surface area (Å²) in [6, 6.07) is 0. The molecule has 0 unspecified atom stereocenters. The summed E-state index contributed by atoms with van der Waals surface area (Å²) in [6.07, 6.45) is -1.61. The minimum atomic E-state index is -4.36. The largest absolute Gasteiger partial charge is 0.434 e. The van der Waals surface area contributed by atoms with E-state index in [0.29, 0.717) is 18.0 Å². The van der Waals surface area contributed by atoms with Crippen molar-refractivity contribution in [1.82, 2.24) is 15.2 Å². The third-order valence-electron chi connectivity index (χ3n) is 3.17. The molecule has 0 aliphatic carbocycles. The number of aromatic nitrogens is 1. The molecule has 0 saturated carbocycles. The van der Waals surface area contributed by atoms with Gasteiger partial charge in [-0.15, -0.1) is 35.3 Å². The number of nitrogens with zero attached hydrogens (tertiary/aromatic N) is 3. The molecule has 126 valence electrons. The first kappa shape index (κ1) is 19.5. The highest BCUT2D eigenvalue weighted by Crippen LogP contribution is 2.30. The highest BCUT2D eigenvalue weighted by atomic mass is 127. The molecule has 1 aromatic heterocycles. The van der Waals surface area contributed by atoms with E-state index in [1.807, 2.05) is 6.92 Å². The van der Waals surface area contributed by atoms with Crippen molar-refractivity contribution in [3.05, 3.63) is 16.1 Å². The van der Waals surface area contributed by atoms with Crippen molar-refractivity contribution in [1.29, 1.82) is 0 Å². The van der Waals surface area contributed by atoms with Crippen LogP contribution in [0.2, 0.25) is 0 Å². The van der Waals surface area contributed by atoms with Crippen molar-refractivity contribution < 1.29 is 13.2 Å². The molecule has 1 N–H and O–H groups in total. The van der Waals surface area contributed by atoms with Crippen LogP contribution in [0.25, 0.3) is 0 Å². The van der Waals surface area contributed by atoms with Gasteiger partial charge in [0.05, 0.1) is 5.01 Å². The van der Waals surface area contributed by atoms with Gasteiger partial charge in [0.25, 0.3) is 0 Å². The maximum atomic E-state index is 12.5. The second-order valence-corrected chi connectivity index (χ2v) is 5.75. The molecule has 2 rings (SSSR count). The maximum Gasteiger partial charge on any atom is 0.434 e. The van der Waals surface area contributed by atoms with E-state index in [4.69, 9.17) is 0 Å². The van der Waals surface area contributed by atoms with Crippen LogP contribution in [0.5, 0.6) is 0 Å². The van der Waals surface area contributed by atoms with Gasteiger partial charge >= 0.3 is 6.18 Å². The van der Waals surface area contributed by atoms with Crippen molar-refractivity contribution >= 4 is 41.3 Å². The summed E-state index contributed by atoms with van der Waals surface area (Å²) in [5, 5.41) is 4.75. The average molecular weight is 448 g/mol. The van der Waals surface area contributed by atoms with Crippen molar-refractivity contribution in [2.75, 3.05) is 26.2 Å². The average Bonchev–Trinajstić information content (AvgIpc) is 3.08. The zero-order chi connectivity index (χ0) is 15.3. The quantitative estimate of drug-likeness (QED) is 0.436. The van der Waals surface area contributed by atoms with E-state index in [2.05, 4.69) is 20.2 Å². The fraction of sp³-hybridized carbons (Fsp3) is 0.692. The molecule has 0 radical (unpaired) electrons. The Hall–Kier alpha value is -0.580. The normalized spacial score (nSPS) is 15.8. The number of hydrogen-bond donors (Lipinski definition) is 1. The van der Waals surface area contributed by atoms with E-state index in [1.165, 1.54) is 0 Å². The molecule has 0 amide bonds. The number of aliphatic imine (C=N–C) groups is 1. The fourth-order valence-electron chi connectivity index (χ4n) is 2.17. The number of alkyl halides is 3. The second kappa shape index (κ2) is 8.90. The molecule has 1 aromatic rings. The van der Waals surface area contributed by atoms with Crippen molar-refractivity contribution in [2.45, 2.75) is 32.4 Å². The van der Waals surface area contributed by atoms with E-state index in [-0.39, 0.29) is 24.0 Å². The standard InChI is InChI=1S/C13H19F3N4S.HI/c1-2-17-12(20-7-3-4-8-20)18-6-5-11-19-10(9-21-11)13(14,15)16;/h9H,2-8H2,1H3,(H,17,18);1H. The van der Waals surface area contributed by atoms with Crippen LogP contribution in [0.1, 0.15) is 30.5 Å². The number of likely N-dealkylation sites (tertiary alicyclic amines) is 1. The van der Waals surface area contributed by atoms with Crippen LogP contribution in [0, 0.1) is 0 Å². The summed E-state index contributed by atoms with van der Waals surface area (Å²) in [4.78, 5) is 10.3. The molecule has 0 aromatic carbocycles. The molecular weight excluding hydrogens is 428 g/mol. The van der Waals surface area contributed by atoms with Crippen LogP contribution in [0.3, 0.4) is 0 Å². The monoisotopic (exact) mass is 448 g/mol. The van der Waals surface area contributed by atoms with Crippen LogP contribution in [-0.2, 0) is 12.6 Å². The molecule has 2 heterocycles. The summed E-state index contributed by atoms with van der Waals surface area (Å²) >= 11 is 1.04. The molecule has 0 spiro atoms. The van der Waals surface area contributed by atoms with E-state index < -0.39 is 11.9 Å². The van der Waals surface area contributed by atoms with E-state index in [1.54, 1.807) is 0 Å². The first-order valence-corrected chi connectivity index (χ1v) is 7.93. The zero-order valence-electron chi connectivity index (χ0n) is 12.3. The Morgan fingerprint density at radius 3 is 2.64 bits per heavy atom. The number of guanidine groups is 1. The first-order chi connectivity index (χ1) is 10.0. The first-order valence-electron chi connectivity index (χ1n) is 7.05. The van der Waals surface area contributed by atoms with Gasteiger partial charge in [0.2, 0.25) is 0 Å². The van der Waals surface area contributed by atoms with E-state index in [9.17, 15) is 13.2 Å². The third-order valence-corrected chi connectivity index (χ3v) is 4.08. The van der Waals surface area contributed by atoms with Gasteiger partial charge in [-0.2, -0.15) is 13.2 Å². The van der Waals surface area contributed by atoms with Gasteiger partial charge in [-0.05, 0) is 19.8 Å². The molecule has 1 saturated heterocycles. The minimum Gasteiger partial charge on any atom is -0.357 e. The predicted octanol–water partition coefficient (Wildman–Crippen LogP) is 3.38. The Morgan fingerprint density at radius 1 is 1.41 bits per heavy atom. The van der Waals surface area contributed by atoms with Crippen LogP contribution in [-0.4, -0.2) is 42.0 Å². The van der Waals surface area contributed by atoms with Crippen molar-refractivity contribution in [3.63, 3.8) is 0 Å². The highest BCUT2D eigenvalue weighted by Gasteiger charge is 2.33. The Labute approximate surface area is 149 Å². The molecule has 1 aliphatic rings. The maximum absolute atomic E-state index is 12.5. The van der Waals surface area contributed by atoms with Gasteiger partial charge < -0.3 is 10.2 Å². The predicted molar refractivity (Wildman–Crippen MR) is 93.0 cm³/mol. The van der Waals surface area contributed by atoms with Crippen LogP contribution < -0.4 is 5.32 Å². The molecule has 9 heteroatoms. The topological polar surface area (TPSA) is 40.5 Å². The molecule has 4 nitrogen and oxygen atoms in total. The van der Waals surface area contributed by atoms with Crippen molar-refractivity contribution in [2.24, 2.45) is 4.99 Å². The molecule has 1 fully saturated rings. The summed E-state index contributed by atoms with van der Waals surface area (Å²) in [5.74, 6) is 0.850. The smallest absolute Gasteiger partial charge is 0.357 e. The van der Waals surface area contributed by atoms with Gasteiger partial charge in [0.15, 0.2) is 11.7 Å². The number of nitrogens with one attached hydrogen (secondary N) is 1. The third kappa shape index (κ3) is 5.56. The van der Waals surface area contributed by atoms with Gasteiger partial charge in [-0.25, -0.2) is 4.98 Å². The minimum absolute atomic E-state index is 0. The summed E-state index contributed by atoms with van der Waals surface area (Å²) < 4.78 is 37.4. The number of thiazole rings is 1. The number of hydrogen-bond acceptors (Lipinski definition) is 3. The van der Waals surface area contributed by atoms with Gasteiger partial charge in [0, 0.05) is 38.0 Å². The Bertz CT molecular complexity index is 484. The van der Waals surface area contributed by atoms with Crippen LogP contribution >= 0.6 is 35.3 Å². The SMILES string of the molecule is CCNC(=NCCc1nc(C(F)(F)F)cs1)N1CCCC1.I. The number of halogens is 4. The fourth-order valence-corrected chi connectivity index (χ4v) is 2.96. The summed E-state index contributed by atoms with van der Waals surface area (Å²) in [6.45, 7) is 5.21. The van der Waals surface area contributed by atoms with E-state index >= 15 is 0 Å². The molecule has 1 aliphatic heterocycles. The lowest BCUT2D eigenvalue weighted by Gasteiger charge is -2.20. The lowest BCUT2D eigenvalue weighted by Crippen LogP contribution is -2.39. The molecule has 0 bridgehead atoms. The van der Waals surface area contributed by atoms with Gasteiger partial charge in [0.1, 0.15) is 0 Å². The van der Waals surface area contributed by atoms with Crippen LogP contribution in [0.4, 0.5) is 13.2 Å².